The van der Waals surface area contributed by atoms with Crippen LogP contribution in [-0.4, -0.2) is 35.7 Å². The smallest absolute Gasteiger partial charge is 0.410 e. The Hall–Kier alpha value is -2.35. The third-order valence-corrected chi connectivity index (χ3v) is 7.71. The van der Waals surface area contributed by atoms with Gasteiger partial charge in [0.15, 0.2) is 6.04 Å². The molecule has 0 fully saturated rings. The number of benzene rings is 2. The molecule has 1 heterocycles. The van der Waals surface area contributed by atoms with Crippen LogP contribution in [0.4, 0.5) is 4.79 Å². The molecule has 1 atom stereocenters. The topological polar surface area (TPSA) is 66.8 Å². The van der Waals surface area contributed by atoms with Gasteiger partial charge in [-0.2, -0.15) is 0 Å². The maximum Gasteiger partial charge on any atom is 0.410 e. The van der Waals surface area contributed by atoms with E-state index in [-0.39, 0.29) is 12.5 Å². The van der Waals surface area contributed by atoms with Crippen LogP contribution in [0.1, 0.15) is 28.0 Å². The third kappa shape index (κ3) is 3.73. The van der Waals surface area contributed by atoms with Gasteiger partial charge in [-0.1, -0.05) is 60.1 Å². The molecule has 0 saturated carbocycles. The van der Waals surface area contributed by atoms with Crippen molar-refractivity contribution >= 4 is 50.9 Å². The molecule has 30 heavy (non-hydrogen) atoms. The lowest BCUT2D eigenvalue weighted by atomic mass is 9.98. The number of hydrogen-bond acceptors (Lipinski definition) is 4. The summed E-state index contributed by atoms with van der Waals surface area (Å²) in [5, 5.41) is 9.69. The van der Waals surface area contributed by atoms with E-state index < -0.39 is 18.1 Å². The number of ether oxygens (including phenoxy) is 1. The van der Waals surface area contributed by atoms with Gasteiger partial charge in [0.05, 0.1) is 0 Å². The highest BCUT2D eigenvalue weighted by Gasteiger charge is 2.33. The minimum absolute atomic E-state index is 0.0941. The molecule has 1 amide bonds. The Balaban J connectivity index is 1.53. The van der Waals surface area contributed by atoms with E-state index in [1.165, 1.54) is 7.05 Å². The van der Waals surface area contributed by atoms with Crippen LogP contribution in [0.5, 0.6) is 0 Å². The van der Waals surface area contributed by atoms with Crippen molar-refractivity contribution in [2.75, 3.05) is 13.7 Å². The van der Waals surface area contributed by atoms with Gasteiger partial charge < -0.3 is 9.84 Å². The minimum Gasteiger partial charge on any atom is -0.479 e. The van der Waals surface area contributed by atoms with E-state index in [1.54, 1.807) is 6.07 Å². The van der Waals surface area contributed by atoms with Crippen LogP contribution in [0.25, 0.3) is 11.1 Å². The molecule has 0 radical (unpaired) electrons. The average molecular weight is 507 g/mol. The van der Waals surface area contributed by atoms with Crippen LogP contribution < -0.4 is 0 Å². The lowest BCUT2D eigenvalue weighted by Gasteiger charge is -2.24. The van der Waals surface area contributed by atoms with Crippen molar-refractivity contribution in [3.05, 3.63) is 79.4 Å². The maximum absolute atomic E-state index is 12.7. The summed E-state index contributed by atoms with van der Waals surface area (Å²) >= 11 is 10.4. The molecule has 5 nitrogen and oxygen atoms in total. The molecule has 4 rings (SSSR count). The molecule has 0 bridgehead atoms. The summed E-state index contributed by atoms with van der Waals surface area (Å²) in [5.41, 5.74) is 4.45. The number of fused-ring (bicyclic) bond motifs is 3. The van der Waals surface area contributed by atoms with Gasteiger partial charge in [-0.3, -0.25) is 4.90 Å². The Bertz CT molecular complexity index is 1070. The average Bonchev–Trinajstić information content (AvgIpc) is 3.23. The molecule has 1 N–H and O–H groups in total. The number of carbonyl (C=O) groups is 2. The normalized spacial score (nSPS) is 13.4. The quantitative estimate of drug-likeness (QED) is 0.449. The van der Waals surface area contributed by atoms with Crippen LogP contribution in [0.15, 0.2) is 59.1 Å². The molecule has 8 heteroatoms. The van der Waals surface area contributed by atoms with E-state index in [1.807, 2.05) is 36.4 Å². The zero-order chi connectivity index (χ0) is 21.4. The number of aliphatic carboxylic acids is 1. The standard InChI is InChI=1S/C22H17BrClNO4S/c1-25(19(21(26)27)18-10-17(23)20(24)30-18)22(28)29-11-16-14-8-4-2-6-12(14)13-7-3-5-9-15(13)16/h2-10,16,19H,11H2,1H3,(H,26,27). The molecular weight excluding hydrogens is 490 g/mol. The summed E-state index contributed by atoms with van der Waals surface area (Å²) in [4.78, 5) is 26.1. The number of rotatable bonds is 5. The van der Waals surface area contributed by atoms with Crippen molar-refractivity contribution in [1.82, 2.24) is 4.90 Å². The van der Waals surface area contributed by atoms with Crippen LogP contribution in [-0.2, 0) is 9.53 Å². The Kier molecular flexibility index (Phi) is 5.86. The predicted octanol–water partition coefficient (Wildman–Crippen LogP) is 6.17. The fraction of sp³-hybridized carbons (Fsp3) is 0.182. The van der Waals surface area contributed by atoms with Crippen molar-refractivity contribution in [2.24, 2.45) is 0 Å². The number of likely N-dealkylation sites (N-methyl/N-ethyl adjacent to an activating group) is 1. The lowest BCUT2D eigenvalue weighted by molar-refractivity contribution is -0.142. The summed E-state index contributed by atoms with van der Waals surface area (Å²) in [6.07, 6.45) is -0.704. The monoisotopic (exact) mass is 505 g/mol. The molecule has 0 spiro atoms. The largest absolute Gasteiger partial charge is 0.479 e. The summed E-state index contributed by atoms with van der Waals surface area (Å²) in [5.74, 6) is -1.25. The van der Waals surface area contributed by atoms with Gasteiger partial charge in [-0.15, -0.1) is 11.3 Å². The van der Waals surface area contributed by atoms with Crippen LogP contribution in [0, 0.1) is 0 Å². The minimum atomic E-state index is -1.19. The van der Waals surface area contributed by atoms with Gasteiger partial charge in [-0.05, 0) is 44.3 Å². The SMILES string of the molecule is CN(C(=O)OCC1c2ccccc2-c2ccccc21)C(C(=O)O)c1cc(Br)c(Cl)s1. The van der Waals surface area contributed by atoms with E-state index >= 15 is 0 Å². The summed E-state index contributed by atoms with van der Waals surface area (Å²) < 4.78 is 6.60. The number of amides is 1. The van der Waals surface area contributed by atoms with Crippen molar-refractivity contribution in [3.8, 4) is 11.1 Å². The first kappa shape index (κ1) is 20.9. The fourth-order valence-electron chi connectivity index (χ4n) is 3.78. The number of carbonyl (C=O) groups excluding carboxylic acids is 1. The van der Waals surface area contributed by atoms with Crippen LogP contribution in [0.2, 0.25) is 4.34 Å². The lowest BCUT2D eigenvalue weighted by Crippen LogP contribution is -2.36. The van der Waals surface area contributed by atoms with E-state index in [9.17, 15) is 14.7 Å². The molecule has 2 aromatic carbocycles. The fourth-order valence-corrected chi connectivity index (χ4v) is 5.65. The molecule has 0 saturated heterocycles. The molecule has 1 aliphatic rings. The third-order valence-electron chi connectivity index (χ3n) is 5.18. The van der Waals surface area contributed by atoms with E-state index in [2.05, 4.69) is 28.1 Å². The Morgan fingerprint density at radius 2 is 1.73 bits per heavy atom. The Labute approximate surface area is 191 Å². The van der Waals surface area contributed by atoms with Gasteiger partial charge in [-0.25, -0.2) is 9.59 Å². The number of carboxylic acids is 1. The first-order chi connectivity index (χ1) is 14.4. The second kappa shape index (κ2) is 8.41. The number of carboxylic acid groups (broad SMARTS) is 1. The van der Waals surface area contributed by atoms with Crippen molar-refractivity contribution in [1.29, 1.82) is 0 Å². The summed E-state index contributed by atoms with van der Waals surface area (Å²) in [6, 6.07) is 16.5. The Morgan fingerprint density at radius 1 is 1.17 bits per heavy atom. The molecular formula is C22H17BrClNO4S. The van der Waals surface area contributed by atoms with E-state index in [0.29, 0.717) is 13.7 Å². The predicted molar refractivity (Wildman–Crippen MR) is 120 cm³/mol. The molecule has 1 unspecified atom stereocenters. The maximum atomic E-state index is 12.7. The molecule has 1 aromatic heterocycles. The summed E-state index contributed by atoms with van der Waals surface area (Å²) in [6.45, 7) is 0.123. The second-order valence-corrected chi connectivity index (χ2v) is 9.47. The number of nitrogens with zero attached hydrogens (tertiary/aromatic N) is 1. The first-order valence-electron chi connectivity index (χ1n) is 9.13. The zero-order valence-corrected chi connectivity index (χ0v) is 19.0. The van der Waals surface area contributed by atoms with Gasteiger partial charge in [0.25, 0.3) is 0 Å². The van der Waals surface area contributed by atoms with E-state index in [4.69, 9.17) is 16.3 Å². The van der Waals surface area contributed by atoms with Crippen LogP contribution in [0.3, 0.4) is 0 Å². The highest BCUT2D eigenvalue weighted by Crippen LogP contribution is 2.44. The van der Waals surface area contributed by atoms with Crippen LogP contribution >= 0.6 is 38.9 Å². The van der Waals surface area contributed by atoms with Gasteiger partial charge in [0, 0.05) is 22.3 Å². The number of thiophene rings is 1. The molecule has 3 aromatic rings. The molecule has 154 valence electrons. The van der Waals surface area contributed by atoms with Crippen molar-refractivity contribution in [3.63, 3.8) is 0 Å². The van der Waals surface area contributed by atoms with Gasteiger partial charge in [0.2, 0.25) is 0 Å². The van der Waals surface area contributed by atoms with Gasteiger partial charge >= 0.3 is 12.1 Å². The van der Waals surface area contributed by atoms with E-state index in [0.717, 1.165) is 38.5 Å². The zero-order valence-electron chi connectivity index (χ0n) is 15.8. The summed E-state index contributed by atoms with van der Waals surface area (Å²) in [7, 11) is 1.42. The highest BCUT2D eigenvalue weighted by atomic mass is 79.9. The second-order valence-electron chi connectivity index (χ2n) is 6.93. The number of hydrogen-bond donors (Lipinski definition) is 1. The molecule has 1 aliphatic carbocycles. The van der Waals surface area contributed by atoms with Gasteiger partial charge in [0.1, 0.15) is 10.9 Å². The Morgan fingerprint density at radius 3 is 2.23 bits per heavy atom. The first-order valence-corrected chi connectivity index (χ1v) is 11.1. The van der Waals surface area contributed by atoms with Crippen molar-refractivity contribution < 1.29 is 19.4 Å². The highest BCUT2D eigenvalue weighted by molar-refractivity contribution is 9.10. The number of halogens is 2. The van der Waals surface area contributed by atoms with Crippen molar-refractivity contribution in [2.45, 2.75) is 12.0 Å². The molecule has 0 aliphatic heterocycles.